The molecule has 0 atom stereocenters. The monoisotopic (exact) mass is 212 g/mol. The van der Waals surface area contributed by atoms with Crippen LogP contribution in [-0.4, -0.2) is 0 Å². The van der Waals surface area contributed by atoms with Crippen LogP contribution in [0.5, 0.6) is 0 Å². The van der Waals surface area contributed by atoms with Gasteiger partial charge in [0.05, 0.1) is 0 Å². The highest BCUT2D eigenvalue weighted by molar-refractivity contribution is 5.50. The van der Waals surface area contributed by atoms with E-state index in [-0.39, 0.29) is 0 Å². The fourth-order valence-corrected chi connectivity index (χ4v) is 2.86. The van der Waals surface area contributed by atoms with Crippen molar-refractivity contribution >= 4 is 6.08 Å². The standard InChI is InChI=1S/C16H20/c1-16(14-7-8-14,15-9-10-15)12-11-13-5-3-2-4-6-13/h2-6,11-12,14-15H,7-10H2,1H3. The van der Waals surface area contributed by atoms with Crippen LogP contribution in [0.1, 0.15) is 38.2 Å². The average Bonchev–Trinajstić information content (AvgIpc) is 3.20. The van der Waals surface area contributed by atoms with Gasteiger partial charge in [0.1, 0.15) is 0 Å². The lowest BCUT2D eigenvalue weighted by molar-refractivity contribution is 0.313. The topological polar surface area (TPSA) is 0 Å². The van der Waals surface area contributed by atoms with Crippen molar-refractivity contribution in [1.82, 2.24) is 0 Å². The van der Waals surface area contributed by atoms with E-state index in [0.29, 0.717) is 5.41 Å². The minimum Gasteiger partial charge on any atom is -0.0774 e. The van der Waals surface area contributed by atoms with Crippen LogP contribution in [0, 0.1) is 17.3 Å². The molecule has 1 aromatic rings. The Morgan fingerprint density at radius 1 is 1.00 bits per heavy atom. The second-order valence-corrected chi connectivity index (χ2v) is 5.66. The highest BCUT2D eigenvalue weighted by atomic mass is 14.5. The average molecular weight is 212 g/mol. The fourth-order valence-electron chi connectivity index (χ4n) is 2.86. The van der Waals surface area contributed by atoms with Gasteiger partial charge in [-0.05, 0) is 48.5 Å². The highest BCUT2D eigenvalue weighted by Crippen LogP contribution is 2.58. The first-order valence-electron chi connectivity index (χ1n) is 6.53. The van der Waals surface area contributed by atoms with Crippen LogP contribution >= 0.6 is 0 Å². The maximum Gasteiger partial charge on any atom is -0.00867 e. The van der Waals surface area contributed by atoms with Crippen LogP contribution < -0.4 is 0 Å². The molecule has 0 heterocycles. The summed E-state index contributed by atoms with van der Waals surface area (Å²) in [6.07, 6.45) is 10.6. The molecule has 84 valence electrons. The SMILES string of the molecule is CC(C=Cc1ccccc1)(C1CC1)C1CC1. The zero-order chi connectivity index (χ0) is 11.0. The summed E-state index contributed by atoms with van der Waals surface area (Å²) >= 11 is 0. The zero-order valence-corrected chi connectivity index (χ0v) is 10.0. The molecule has 1 aromatic carbocycles. The lowest BCUT2D eigenvalue weighted by atomic mass is 9.79. The van der Waals surface area contributed by atoms with E-state index >= 15 is 0 Å². The Labute approximate surface area is 98.4 Å². The summed E-state index contributed by atoms with van der Waals surface area (Å²) < 4.78 is 0. The fraction of sp³-hybridized carbons (Fsp3) is 0.500. The first-order valence-corrected chi connectivity index (χ1v) is 6.53. The number of rotatable bonds is 4. The maximum atomic E-state index is 2.50. The first kappa shape index (κ1) is 10.1. The van der Waals surface area contributed by atoms with Crippen molar-refractivity contribution in [2.45, 2.75) is 32.6 Å². The summed E-state index contributed by atoms with van der Waals surface area (Å²) in [6, 6.07) is 10.7. The van der Waals surface area contributed by atoms with E-state index in [1.165, 1.54) is 31.2 Å². The van der Waals surface area contributed by atoms with E-state index in [0.717, 1.165) is 11.8 Å². The lowest BCUT2D eigenvalue weighted by Crippen LogP contribution is -2.18. The number of benzene rings is 1. The molecule has 0 saturated heterocycles. The first-order chi connectivity index (χ1) is 7.79. The molecule has 2 aliphatic carbocycles. The molecule has 0 radical (unpaired) electrons. The summed E-state index contributed by atoms with van der Waals surface area (Å²) in [5.74, 6) is 1.94. The summed E-state index contributed by atoms with van der Waals surface area (Å²) in [5.41, 5.74) is 1.84. The summed E-state index contributed by atoms with van der Waals surface area (Å²) in [4.78, 5) is 0. The van der Waals surface area contributed by atoms with E-state index in [1.807, 2.05) is 0 Å². The van der Waals surface area contributed by atoms with Gasteiger partial charge in [-0.15, -0.1) is 0 Å². The largest absolute Gasteiger partial charge is 0.0774 e. The summed E-state index contributed by atoms with van der Waals surface area (Å²) in [7, 11) is 0. The molecule has 0 nitrogen and oxygen atoms in total. The minimum atomic E-state index is 0.496. The Hall–Kier alpha value is -1.04. The van der Waals surface area contributed by atoms with Crippen molar-refractivity contribution in [2.24, 2.45) is 17.3 Å². The molecule has 0 heteroatoms. The van der Waals surface area contributed by atoms with E-state index in [1.54, 1.807) is 0 Å². The van der Waals surface area contributed by atoms with Crippen molar-refractivity contribution in [3.8, 4) is 0 Å². The molecule has 2 saturated carbocycles. The Morgan fingerprint density at radius 3 is 2.06 bits per heavy atom. The van der Waals surface area contributed by atoms with E-state index in [4.69, 9.17) is 0 Å². The molecule has 2 aliphatic rings. The van der Waals surface area contributed by atoms with Crippen molar-refractivity contribution in [2.75, 3.05) is 0 Å². The van der Waals surface area contributed by atoms with Crippen molar-refractivity contribution < 1.29 is 0 Å². The van der Waals surface area contributed by atoms with Crippen molar-refractivity contribution in [3.63, 3.8) is 0 Å². The Balaban J connectivity index is 1.78. The molecule has 0 aliphatic heterocycles. The van der Waals surface area contributed by atoms with Crippen LogP contribution in [0.25, 0.3) is 6.08 Å². The van der Waals surface area contributed by atoms with Crippen LogP contribution in [0.4, 0.5) is 0 Å². The van der Waals surface area contributed by atoms with Gasteiger partial charge in [0, 0.05) is 0 Å². The van der Waals surface area contributed by atoms with Crippen LogP contribution in [-0.2, 0) is 0 Å². The van der Waals surface area contributed by atoms with Gasteiger partial charge in [-0.3, -0.25) is 0 Å². The molecule has 3 rings (SSSR count). The Bertz CT molecular complexity index is 368. The second kappa shape index (κ2) is 3.76. The van der Waals surface area contributed by atoms with Crippen LogP contribution in [0.2, 0.25) is 0 Å². The van der Waals surface area contributed by atoms with Crippen molar-refractivity contribution in [3.05, 3.63) is 42.0 Å². The van der Waals surface area contributed by atoms with Gasteiger partial charge >= 0.3 is 0 Å². The van der Waals surface area contributed by atoms with Crippen molar-refractivity contribution in [1.29, 1.82) is 0 Å². The third-order valence-corrected chi connectivity index (χ3v) is 4.35. The third-order valence-electron chi connectivity index (χ3n) is 4.35. The Kier molecular flexibility index (Phi) is 2.38. The normalized spacial score (nSPS) is 21.6. The maximum absolute atomic E-state index is 2.50. The molecule has 0 amide bonds. The van der Waals surface area contributed by atoms with Gasteiger partial charge in [-0.1, -0.05) is 49.4 Å². The number of hydrogen-bond acceptors (Lipinski definition) is 0. The Morgan fingerprint density at radius 2 is 1.56 bits per heavy atom. The quantitative estimate of drug-likeness (QED) is 0.688. The summed E-state index contributed by atoms with van der Waals surface area (Å²) in [5, 5.41) is 0. The second-order valence-electron chi connectivity index (χ2n) is 5.66. The lowest BCUT2D eigenvalue weighted by Gasteiger charge is -2.25. The number of allylic oxidation sites excluding steroid dienone is 1. The predicted molar refractivity (Wildman–Crippen MR) is 69.0 cm³/mol. The number of hydrogen-bond donors (Lipinski definition) is 0. The van der Waals surface area contributed by atoms with E-state index < -0.39 is 0 Å². The molecule has 0 N–H and O–H groups in total. The van der Waals surface area contributed by atoms with Gasteiger partial charge in [0.25, 0.3) is 0 Å². The summed E-state index contributed by atoms with van der Waals surface area (Å²) in [6.45, 7) is 2.47. The molecule has 0 unspecified atom stereocenters. The molecular weight excluding hydrogens is 192 g/mol. The molecule has 0 spiro atoms. The molecular formula is C16H20. The van der Waals surface area contributed by atoms with Gasteiger partial charge in [-0.25, -0.2) is 0 Å². The van der Waals surface area contributed by atoms with Crippen LogP contribution in [0.3, 0.4) is 0 Å². The van der Waals surface area contributed by atoms with Crippen LogP contribution in [0.15, 0.2) is 36.4 Å². The van der Waals surface area contributed by atoms with Gasteiger partial charge < -0.3 is 0 Å². The predicted octanol–water partition coefficient (Wildman–Crippen LogP) is 4.53. The molecule has 2 fully saturated rings. The smallest absolute Gasteiger partial charge is 0.00867 e. The van der Waals surface area contributed by atoms with E-state index in [2.05, 4.69) is 49.4 Å². The van der Waals surface area contributed by atoms with Gasteiger partial charge in [-0.2, -0.15) is 0 Å². The van der Waals surface area contributed by atoms with Gasteiger partial charge in [0.2, 0.25) is 0 Å². The third kappa shape index (κ3) is 1.93. The molecule has 0 aromatic heterocycles. The minimum absolute atomic E-state index is 0.496. The zero-order valence-electron chi connectivity index (χ0n) is 10.0. The van der Waals surface area contributed by atoms with Gasteiger partial charge in [0.15, 0.2) is 0 Å². The highest BCUT2D eigenvalue weighted by Gasteiger charge is 2.49. The molecule has 16 heavy (non-hydrogen) atoms. The van der Waals surface area contributed by atoms with E-state index in [9.17, 15) is 0 Å². The molecule has 0 bridgehead atoms.